The van der Waals surface area contributed by atoms with Crippen molar-refractivity contribution in [3.05, 3.63) is 0 Å². The van der Waals surface area contributed by atoms with Crippen molar-refractivity contribution in [2.75, 3.05) is 0 Å². The first-order valence-corrected chi connectivity index (χ1v) is 5.07. The van der Waals surface area contributed by atoms with Gasteiger partial charge in [-0.15, -0.1) is 11.6 Å². The molecule has 2 atom stereocenters. The molecule has 1 fully saturated rings. The van der Waals surface area contributed by atoms with Gasteiger partial charge in [0, 0.05) is 6.42 Å². The predicted octanol–water partition coefficient (Wildman–Crippen LogP) is 3.01. The van der Waals surface area contributed by atoms with Crippen molar-refractivity contribution < 1.29 is 4.79 Å². The summed E-state index contributed by atoms with van der Waals surface area (Å²) in [6, 6.07) is 0. The first kappa shape index (κ1) is 10.0. The molecule has 0 spiro atoms. The normalized spacial score (nSPS) is 35.2. The maximum Gasteiger partial charge on any atom is 0.151 e. The van der Waals surface area contributed by atoms with Crippen molar-refractivity contribution in [1.29, 1.82) is 0 Å². The molecule has 0 aromatic carbocycles. The highest BCUT2D eigenvalue weighted by Crippen LogP contribution is 2.40. The summed E-state index contributed by atoms with van der Waals surface area (Å²) in [5.74, 6) is 0.627. The standard InChI is InChI=1S/C10H17ClO/c1-4-7-5-10(2,3)6-8(12)9(7)11/h7,9H,4-6H2,1-3H3. The Kier molecular flexibility index (Phi) is 2.82. The van der Waals surface area contributed by atoms with Gasteiger partial charge >= 0.3 is 0 Å². The Morgan fingerprint density at radius 1 is 1.58 bits per heavy atom. The maximum atomic E-state index is 11.4. The monoisotopic (exact) mass is 188 g/mol. The van der Waals surface area contributed by atoms with E-state index in [1.807, 2.05) is 0 Å². The van der Waals surface area contributed by atoms with Crippen LogP contribution >= 0.6 is 11.6 Å². The lowest BCUT2D eigenvalue weighted by molar-refractivity contribution is -0.124. The van der Waals surface area contributed by atoms with Crippen molar-refractivity contribution in [3.63, 3.8) is 0 Å². The van der Waals surface area contributed by atoms with Gasteiger partial charge in [-0.2, -0.15) is 0 Å². The molecule has 70 valence electrons. The number of ketones is 1. The molecule has 0 saturated heterocycles. The minimum absolute atomic E-state index is 0.170. The molecule has 0 aliphatic heterocycles. The van der Waals surface area contributed by atoms with Crippen molar-refractivity contribution in [1.82, 2.24) is 0 Å². The lowest BCUT2D eigenvalue weighted by atomic mass is 9.70. The quantitative estimate of drug-likeness (QED) is 0.579. The Hall–Kier alpha value is -0.0400. The minimum Gasteiger partial charge on any atom is -0.298 e. The summed E-state index contributed by atoms with van der Waals surface area (Å²) >= 11 is 6.01. The van der Waals surface area contributed by atoms with E-state index in [1.54, 1.807) is 0 Å². The zero-order chi connectivity index (χ0) is 9.35. The molecule has 0 aromatic rings. The molecule has 1 rings (SSSR count). The Balaban J connectivity index is 2.71. The third-order valence-electron chi connectivity index (χ3n) is 2.71. The number of rotatable bonds is 1. The number of hydrogen-bond acceptors (Lipinski definition) is 1. The zero-order valence-corrected chi connectivity index (χ0v) is 8.82. The number of carbonyl (C=O) groups is 1. The second-order valence-corrected chi connectivity index (χ2v) is 5.05. The Bertz CT molecular complexity index is 186. The van der Waals surface area contributed by atoms with Crippen LogP contribution < -0.4 is 0 Å². The van der Waals surface area contributed by atoms with Gasteiger partial charge in [0.05, 0.1) is 5.38 Å². The second-order valence-electron chi connectivity index (χ2n) is 4.58. The molecule has 0 bridgehead atoms. The summed E-state index contributed by atoms with van der Waals surface area (Å²) in [6.45, 7) is 6.40. The molecule has 0 N–H and O–H groups in total. The van der Waals surface area contributed by atoms with E-state index in [0.717, 1.165) is 12.8 Å². The lowest BCUT2D eigenvalue weighted by Crippen LogP contribution is -2.37. The highest BCUT2D eigenvalue weighted by atomic mass is 35.5. The Morgan fingerprint density at radius 2 is 2.17 bits per heavy atom. The van der Waals surface area contributed by atoms with E-state index in [1.165, 1.54) is 0 Å². The van der Waals surface area contributed by atoms with Gasteiger partial charge in [-0.25, -0.2) is 0 Å². The molecule has 0 radical (unpaired) electrons. The Morgan fingerprint density at radius 3 is 2.67 bits per heavy atom. The summed E-state index contributed by atoms with van der Waals surface area (Å²) in [6.07, 6.45) is 2.75. The molecular weight excluding hydrogens is 172 g/mol. The smallest absolute Gasteiger partial charge is 0.151 e. The fourth-order valence-corrected chi connectivity index (χ4v) is 2.41. The number of alkyl halides is 1. The third-order valence-corrected chi connectivity index (χ3v) is 3.31. The molecular formula is C10H17ClO. The lowest BCUT2D eigenvalue weighted by Gasteiger charge is -2.36. The largest absolute Gasteiger partial charge is 0.298 e. The summed E-state index contributed by atoms with van der Waals surface area (Å²) < 4.78 is 0. The SMILES string of the molecule is CCC1CC(C)(C)CC(=O)C1Cl. The molecule has 1 saturated carbocycles. The zero-order valence-electron chi connectivity index (χ0n) is 8.06. The van der Waals surface area contributed by atoms with Crippen LogP contribution in [0, 0.1) is 11.3 Å². The molecule has 1 aliphatic rings. The van der Waals surface area contributed by atoms with Crippen LogP contribution in [0.3, 0.4) is 0 Å². The van der Waals surface area contributed by atoms with Crippen LogP contribution in [0.2, 0.25) is 0 Å². The first-order valence-electron chi connectivity index (χ1n) is 4.63. The number of hydrogen-bond donors (Lipinski definition) is 0. The van der Waals surface area contributed by atoms with Gasteiger partial charge in [-0.3, -0.25) is 4.79 Å². The summed E-state index contributed by atoms with van der Waals surface area (Å²) in [4.78, 5) is 11.4. The van der Waals surface area contributed by atoms with E-state index in [9.17, 15) is 4.79 Å². The van der Waals surface area contributed by atoms with Gasteiger partial charge in [0.2, 0.25) is 0 Å². The van der Waals surface area contributed by atoms with Crippen molar-refractivity contribution in [2.24, 2.45) is 11.3 Å². The van der Waals surface area contributed by atoms with Crippen LogP contribution in [0.4, 0.5) is 0 Å². The van der Waals surface area contributed by atoms with Crippen LogP contribution in [-0.4, -0.2) is 11.2 Å². The van der Waals surface area contributed by atoms with E-state index in [0.29, 0.717) is 12.3 Å². The summed E-state index contributed by atoms with van der Waals surface area (Å²) in [5, 5.41) is -0.219. The van der Waals surface area contributed by atoms with Crippen LogP contribution in [0.25, 0.3) is 0 Å². The molecule has 1 aliphatic carbocycles. The molecule has 2 unspecified atom stereocenters. The first-order chi connectivity index (χ1) is 5.46. The maximum absolute atomic E-state index is 11.4. The average Bonchev–Trinajstić information content (AvgIpc) is 1.96. The third kappa shape index (κ3) is 2.01. The molecule has 1 nitrogen and oxygen atoms in total. The van der Waals surface area contributed by atoms with E-state index in [2.05, 4.69) is 20.8 Å². The highest BCUT2D eigenvalue weighted by molar-refractivity contribution is 6.31. The fraction of sp³-hybridized carbons (Fsp3) is 0.900. The van der Waals surface area contributed by atoms with E-state index in [-0.39, 0.29) is 16.6 Å². The minimum atomic E-state index is -0.219. The molecule has 12 heavy (non-hydrogen) atoms. The second kappa shape index (κ2) is 3.37. The van der Waals surface area contributed by atoms with E-state index in [4.69, 9.17) is 11.6 Å². The van der Waals surface area contributed by atoms with Gasteiger partial charge < -0.3 is 0 Å². The molecule has 0 amide bonds. The van der Waals surface area contributed by atoms with Crippen LogP contribution in [0.1, 0.15) is 40.0 Å². The van der Waals surface area contributed by atoms with Crippen molar-refractivity contribution >= 4 is 17.4 Å². The van der Waals surface area contributed by atoms with E-state index < -0.39 is 0 Å². The van der Waals surface area contributed by atoms with Gasteiger partial charge in [0.25, 0.3) is 0 Å². The Labute approximate surface area is 79.5 Å². The highest BCUT2D eigenvalue weighted by Gasteiger charge is 2.38. The average molecular weight is 189 g/mol. The van der Waals surface area contributed by atoms with Crippen LogP contribution in [-0.2, 0) is 4.79 Å². The topological polar surface area (TPSA) is 17.1 Å². The van der Waals surface area contributed by atoms with Gasteiger partial charge in [-0.1, -0.05) is 27.2 Å². The number of Topliss-reactive ketones (excluding diaryl/α,β-unsaturated/α-hetero) is 1. The molecule has 0 aromatic heterocycles. The van der Waals surface area contributed by atoms with Crippen LogP contribution in [0.5, 0.6) is 0 Å². The van der Waals surface area contributed by atoms with Crippen molar-refractivity contribution in [3.8, 4) is 0 Å². The van der Waals surface area contributed by atoms with Gasteiger partial charge in [0.15, 0.2) is 5.78 Å². The van der Waals surface area contributed by atoms with Gasteiger partial charge in [0.1, 0.15) is 0 Å². The summed E-state index contributed by atoms with van der Waals surface area (Å²) in [5.41, 5.74) is 0.170. The number of halogens is 1. The number of carbonyl (C=O) groups excluding carboxylic acids is 1. The molecule has 0 heterocycles. The van der Waals surface area contributed by atoms with Crippen molar-refractivity contribution in [2.45, 2.75) is 45.4 Å². The predicted molar refractivity (Wildman–Crippen MR) is 51.4 cm³/mol. The van der Waals surface area contributed by atoms with Gasteiger partial charge in [-0.05, 0) is 17.8 Å². The fourth-order valence-electron chi connectivity index (χ4n) is 2.07. The molecule has 2 heteroatoms. The van der Waals surface area contributed by atoms with E-state index >= 15 is 0 Å². The summed E-state index contributed by atoms with van der Waals surface area (Å²) in [7, 11) is 0. The van der Waals surface area contributed by atoms with Crippen LogP contribution in [0.15, 0.2) is 0 Å².